The molecule has 1 unspecified atom stereocenters. The summed E-state index contributed by atoms with van der Waals surface area (Å²) in [5.74, 6) is 0.946. The van der Waals surface area contributed by atoms with Crippen LogP contribution in [-0.4, -0.2) is 24.4 Å². The minimum Gasteiger partial charge on any atom is -0.494 e. The Hall–Kier alpha value is -1.06. The smallest absolute Gasteiger partial charge is 0.123 e. The molecule has 0 radical (unpaired) electrons. The van der Waals surface area contributed by atoms with Crippen LogP contribution in [0.25, 0.3) is 0 Å². The Morgan fingerprint density at radius 2 is 2.06 bits per heavy atom. The van der Waals surface area contributed by atoms with Crippen LogP contribution in [0.1, 0.15) is 32.3 Å². The molecule has 0 saturated carbocycles. The van der Waals surface area contributed by atoms with E-state index >= 15 is 0 Å². The Morgan fingerprint density at radius 1 is 1.29 bits per heavy atom. The molecule has 0 bridgehead atoms. The van der Waals surface area contributed by atoms with E-state index in [1.165, 1.54) is 5.56 Å². The third-order valence-electron chi connectivity index (χ3n) is 2.82. The average Bonchev–Trinajstić information content (AvgIpc) is 2.36. The van der Waals surface area contributed by atoms with Crippen LogP contribution >= 0.6 is 0 Å². The molecule has 2 N–H and O–H groups in total. The zero-order chi connectivity index (χ0) is 12.5. The van der Waals surface area contributed by atoms with Crippen molar-refractivity contribution in [3.8, 4) is 5.75 Å². The summed E-state index contributed by atoms with van der Waals surface area (Å²) in [7, 11) is 0. The van der Waals surface area contributed by atoms with Gasteiger partial charge >= 0.3 is 0 Å². The molecule has 0 fully saturated rings. The lowest BCUT2D eigenvalue weighted by atomic mass is 10.1. The van der Waals surface area contributed by atoms with E-state index in [1.54, 1.807) is 0 Å². The maximum Gasteiger partial charge on any atom is 0.123 e. The molecule has 1 atom stereocenters. The number of para-hydroxylation sites is 1. The van der Waals surface area contributed by atoms with Gasteiger partial charge in [0.1, 0.15) is 5.75 Å². The lowest BCUT2D eigenvalue weighted by Crippen LogP contribution is -2.29. The summed E-state index contributed by atoms with van der Waals surface area (Å²) < 4.78 is 5.57. The van der Waals surface area contributed by atoms with Crippen LogP contribution in [0.3, 0.4) is 0 Å². The zero-order valence-electron chi connectivity index (χ0n) is 10.8. The molecule has 0 aliphatic carbocycles. The van der Waals surface area contributed by atoms with E-state index < -0.39 is 0 Å². The lowest BCUT2D eigenvalue weighted by molar-refractivity contribution is 0.261. The van der Waals surface area contributed by atoms with Crippen molar-refractivity contribution >= 4 is 0 Å². The maximum absolute atomic E-state index is 8.94. The third kappa shape index (κ3) is 4.75. The molecule has 1 rings (SSSR count). The number of aliphatic hydroxyl groups excluding tert-OH is 1. The summed E-state index contributed by atoms with van der Waals surface area (Å²) in [6.45, 7) is 5.82. The molecule has 0 spiro atoms. The molecule has 3 nitrogen and oxygen atoms in total. The third-order valence-corrected chi connectivity index (χ3v) is 2.82. The second kappa shape index (κ2) is 8.09. The highest BCUT2D eigenvalue weighted by molar-refractivity contribution is 5.33. The summed E-state index contributed by atoms with van der Waals surface area (Å²) >= 11 is 0. The predicted octanol–water partition coefficient (Wildman–Crippen LogP) is 2.34. The van der Waals surface area contributed by atoms with Gasteiger partial charge < -0.3 is 15.2 Å². The van der Waals surface area contributed by atoms with E-state index in [9.17, 15) is 0 Å². The van der Waals surface area contributed by atoms with Crippen molar-refractivity contribution in [2.45, 2.75) is 39.3 Å². The van der Waals surface area contributed by atoms with Crippen LogP contribution in [0.15, 0.2) is 24.3 Å². The van der Waals surface area contributed by atoms with Gasteiger partial charge in [0.05, 0.1) is 6.61 Å². The molecule has 0 amide bonds. The van der Waals surface area contributed by atoms with Gasteiger partial charge in [0.25, 0.3) is 0 Å². The minimum atomic E-state index is 0.235. The summed E-state index contributed by atoms with van der Waals surface area (Å²) in [4.78, 5) is 0. The second-order valence-corrected chi connectivity index (χ2v) is 4.04. The quantitative estimate of drug-likeness (QED) is 0.729. The molecule has 96 valence electrons. The Morgan fingerprint density at radius 3 is 2.71 bits per heavy atom. The van der Waals surface area contributed by atoms with Gasteiger partial charge in [-0.05, 0) is 25.8 Å². The summed E-state index contributed by atoms with van der Waals surface area (Å²) in [6, 6.07) is 8.44. The van der Waals surface area contributed by atoms with Crippen molar-refractivity contribution in [1.82, 2.24) is 5.32 Å². The van der Waals surface area contributed by atoms with Gasteiger partial charge in [-0.2, -0.15) is 0 Å². The summed E-state index contributed by atoms with van der Waals surface area (Å²) in [5, 5.41) is 12.4. The van der Waals surface area contributed by atoms with Gasteiger partial charge in [0.2, 0.25) is 0 Å². The van der Waals surface area contributed by atoms with Crippen LogP contribution < -0.4 is 10.1 Å². The number of rotatable bonds is 8. The first-order valence-corrected chi connectivity index (χ1v) is 6.36. The van der Waals surface area contributed by atoms with E-state index in [0.717, 1.165) is 25.1 Å². The van der Waals surface area contributed by atoms with Crippen molar-refractivity contribution in [3.63, 3.8) is 0 Å². The molecule has 17 heavy (non-hydrogen) atoms. The first-order valence-electron chi connectivity index (χ1n) is 6.36. The molecule has 1 aromatic carbocycles. The van der Waals surface area contributed by atoms with E-state index in [1.807, 2.05) is 25.1 Å². The molecule has 0 heterocycles. The van der Waals surface area contributed by atoms with Gasteiger partial charge in [-0.3, -0.25) is 0 Å². The normalized spacial score (nSPS) is 12.4. The number of hydrogen-bond acceptors (Lipinski definition) is 3. The van der Waals surface area contributed by atoms with Crippen LogP contribution in [0.5, 0.6) is 5.75 Å². The predicted molar refractivity (Wildman–Crippen MR) is 70.2 cm³/mol. The summed E-state index contributed by atoms with van der Waals surface area (Å²) in [5.41, 5.74) is 1.17. The lowest BCUT2D eigenvalue weighted by Gasteiger charge is -2.17. The number of nitrogens with one attached hydrogen (secondary N) is 1. The Kier molecular flexibility index (Phi) is 6.67. The van der Waals surface area contributed by atoms with Crippen molar-refractivity contribution in [1.29, 1.82) is 0 Å². The highest BCUT2D eigenvalue weighted by atomic mass is 16.5. The second-order valence-electron chi connectivity index (χ2n) is 4.04. The highest BCUT2D eigenvalue weighted by Crippen LogP contribution is 2.17. The fourth-order valence-corrected chi connectivity index (χ4v) is 1.81. The Bertz CT molecular complexity index is 315. The molecule has 0 aliphatic rings. The molecule has 0 aromatic heterocycles. The largest absolute Gasteiger partial charge is 0.494 e. The van der Waals surface area contributed by atoms with Gasteiger partial charge in [-0.15, -0.1) is 0 Å². The number of ether oxygens (including phenoxy) is 1. The molecule has 0 aliphatic heterocycles. The molecular weight excluding hydrogens is 214 g/mol. The fourth-order valence-electron chi connectivity index (χ4n) is 1.81. The van der Waals surface area contributed by atoms with Gasteiger partial charge in [0, 0.05) is 24.8 Å². The average molecular weight is 237 g/mol. The SMILES string of the molecule is CCOc1ccccc1CNC(CC)CCO. The van der Waals surface area contributed by atoms with Crippen molar-refractivity contribution in [2.24, 2.45) is 0 Å². The van der Waals surface area contributed by atoms with Crippen LogP contribution in [-0.2, 0) is 6.54 Å². The minimum absolute atomic E-state index is 0.235. The van der Waals surface area contributed by atoms with Crippen LogP contribution in [0.4, 0.5) is 0 Å². The van der Waals surface area contributed by atoms with Gasteiger partial charge in [0.15, 0.2) is 0 Å². The Labute approximate surface area is 104 Å². The number of benzene rings is 1. The van der Waals surface area contributed by atoms with E-state index in [2.05, 4.69) is 18.3 Å². The van der Waals surface area contributed by atoms with Crippen LogP contribution in [0, 0.1) is 0 Å². The van der Waals surface area contributed by atoms with E-state index in [0.29, 0.717) is 12.6 Å². The zero-order valence-corrected chi connectivity index (χ0v) is 10.8. The van der Waals surface area contributed by atoms with Crippen molar-refractivity contribution < 1.29 is 9.84 Å². The first-order chi connectivity index (χ1) is 8.31. The van der Waals surface area contributed by atoms with Gasteiger partial charge in [-0.1, -0.05) is 25.1 Å². The standard InChI is InChI=1S/C14H23NO2/c1-3-13(9-10-16)15-11-12-7-5-6-8-14(12)17-4-2/h5-8,13,15-16H,3-4,9-11H2,1-2H3. The topological polar surface area (TPSA) is 41.5 Å². The van der Waals surface area contributed by atoms with Crippen molar-refractivity contribution in [2.75, 3.05) is 13.2 Å². The monoisotopic (exact) mass is 237 g/mol. The highest BCUT2D eigenvalue weighted by Gasteiger charge is 2.07. The first kappa shape index (κ1) is 14.0. The van der Waals surface area contributed by atoms with Gasteiger partial charge in [-0.25, -0.2) is 0 Å². The fraction of sp³-hybridized carbons (Fsp3) is 0.571. The van der Waals surface area contributed by atoms with E-state index in [4.69, 9.17) is 9.84 Å². The number of hydrogen-bond donors (Lipinski definition) is 2. The van der Waals surface area contributed by atoms with Crippen molar-refractivity contribution in [3.05, 3.63) is 29.8 Å². The molecular formula is C14H23NO2. The maximum atomic E-state index is 8.94. The van der Waals surface area contributed by atoms with Crippen LogP contribution in [0.2, 0.25) is 0 Å². The number of aliphatic hydroxyl groups is 1. The van der Waals surface area contributed by atoms with E-state index in [-0.39, 0.29) is 6.61 Å². The Balaban J connectivity index is 2.55. The molecule has 3 heteroatoms. The summed E-state index contributed by atoms with van der Waals surface area (Å²) in [6.07, 6.45) is 1.82. The molecule has 0 saturated heterocycles. The molecule has 1 aromatic rings.